The molecule has 11 rings (SSSR count). The molecule has 4 heterocycles. The van der Waals surface area contributed by atoms with Crippen molar-refractivity contribution in [2.24, 2.45) is 0 Å². The number of hydrogen-bond acceptors (Lipinski definition) is 3. The van der Waals surface area contributed by atoms with Crippen LogP contribution in [0.4, 0.5) is 0 Å². The lowest BCUT2D eigenvalue weighted by Crippen LogP contribution is -2.44. The monoisotopic (exact) mass is 876 g/mol. The normalized spacial score (nSPS) is 16.5. The first kappa shape index (κ1) is 30.3. The molecule has 10 aromatic rings. The molecule has 0 amide bonds. The van der Waals surface area contributed by atoms with E-state index in [0.717, 1.165) is 33.2 Å². The van der Waals surface area contributed by atoms with Crippen LogP contribution in [0.5, 0.6) is 11.5 Å². The van der Waals surface area contributed by atoms with Gasteiger partial charge in [-0.2, -0.15) is 0 Å². The molecule has 0 unspecified atom stereocenters. The zero-order valence-corrected chi connectivity index (χ0v) is 38.6. The second kappa shape index (κ2) is 14.9. The summed E-state index contributed by atoms with van der Waals surface area (Å²) >= 11 is 0. The molecule has 0 saturated carbocycles. The number of ether oxygens (including phenoxy) is 1. The van der Waals surface area contributed by atoms with Gasteiger partial charge in [0.05, 0.1) is 47.1 Å². The number of benzene rings is 7. The predicted molar refractivity (Wildman–Crippen MR) is 267 cm³/mol. The number of imidazole rings is 1. The Morgan fingerprint density at radius 2 is 1.28 bits per heavy atom. The highest BCUT2D eigenvalue weighted by molar-refractivity contribution is 7.06. The number of rotatable bonds is 7. The summed E-state index contributed by atoms with van der Waals surface area (Å²) in [5, 5.41) is 4.85. The molecule has 0 spiro atoms. The van der Waals surface area contributed by atoms with Crippen molar-refractivity contribution in [3.05, 3.63) is 188 Å². The van der Waals surface area contributed by atoms with Crippen molar-refractivity contribution in [1.82, 2.24) is 14.1 Å². The summed E-state index contributed by atoms with van der Waals surface area (Å²) in [5.74, 6) is 1.92. The first-order valence-corrected chi connectivity index (χ1v) is 27.1. The Labute approximate surface area is 391 Å². The van der Waals surface area contributed by atoms with Crippen LogP contribution < -0.4 is 19.7 Å². The summed E-state index contributed by atoms with van der Waals surface area (Å²) in [4.78, 5) is 4.96. The maximum atomic E-state index is 9.04. The first-order valence-electron chi connectivity index (χ1n) is 26.3. The van der Waals surface area contributed by atoms with Crippen LogP contribution >= 0.6 is 0 Å². The number of hydrogen-bond donors (Lipinski definition) is 0. The highest BCUT2D eigenvalue weighted by Gasteiger charge is 2.46. The van der Waals surface area contributed by atoms with Crippen molar-refractivity contribution in [2.75, 3.05) is 0 Å². The Morgan fingerprint density at radius 3 is 1.98 bits per heavy atom. The zero-order chi connectivity index (χ0) is 52.7. The molecule has 64 heavy (non-hydrogen) atoms. The van der Waals surface area contributed by atoms with E-state index in [1.54, 1.807) is 27.3 Å². The van der Waals surface area contributed by atoms with Gasteiger partial charge in [-0.05, 0) is 118 Å². The van der Waals surface area contributed by atoms with Crippen molar-refractivity contribution < 1.29 is 27.1 Å². The number of nitrogens with zero attached hydrogens (tertiary/aromatic N) is 4. The van der Waals surface area contributed by atoms with E-state index in [-0.39, 0.29) is 33.4 Å². The van der Waals surface area contributed by atoms with E-state index in [9.17, 15) is 0 Å². The minimum atomic E-state index is -2.19. The summed E-state index contributed by atoms with van der Waals surface area (Å²) in [6.45, 7) is 15.7. The van der Waals surface area contributed by atoms with E-state index in [2.05, 4.69) is 94.3 Å². The smallest absolute Gasteiger partial charge is 0.269 e. The van der Waals surface area contributed by atoms with E-state index in [0.29, 0.717) is 28.2 Å². The molecule has 0 aliphatic carbocycles. The third-order valence-corrected chi connectivity index (χ3v) is 20.0. The lowest BCUT2D eigenvalue weighted by Gasteiger charge is -2.22. The summed E-state index contributed by atoms with van der Waals surface area (Å²) in [6, 6.07) is 29.6. The quantitative estimate of drug-likeness (QED) is 0.0910. The van der Waals surface area contributed by atoms with Crippen LogP contribution in [0.25, 0.3) is 72.3 Å². The van der Waals surface area contributed by atoms with Gasteiger partial charge in [-0.3, -0.25) is 13.7 Å². The largest absolute Gasteiger partial charge is 0.458 e. The molecule has 1 aliphatic rings. The fourth-order valence-corrected chi connectivity index (χ4v) is 19.5. The Morgan fingerprint density at radius 1 is 0.641 bits per heavy atom. The van der Waals surface area contributed by atoms with Crippen LogP contribution in [0.2, 0.25) is 26.2 Å². The van der Waals surface area contributed by atoms with Gasteiger partial charge >= 0.3 is 0 Å². The molecule has 3 aromatic heterocycles. The second-order valence-corrected chi connectivity index (χ2v) is 26.2. The Balaban J connectivity index is 1.08. The van der Waals surface area contributed by atoms with E-state index in [1.165, 1.54) is 10.4 Å². The number of pyridine rings is 1. The van der Waals surface area contributed by atoms with Crippen molar-refractivity contribution in [1.29, 1.82) is 0 Å². The molecule has 0 atom stereocenters. The van der Waals surface area contributed by atoms with Gasteiger partial charge in [-0.15, -0.1) is 0 Å². The number of para-hydroxylation sites is 3. The molecular formula is C56H50N4O2Si2. The zero-order valence-electron chi connectivity index (χ0n) is 46.6. The first-order chi connectivity index (χ1) is 35.0. The van der Waals surface area contributed by atoms with Gasteiger partial charge in [0.15, 0.2) is 0 Å². The van der Waals surface area contributed by atoms with Crippen molar-refractivity contribution in [3.8, 4) is 50.9 Å². The Hall–Kier alpha value is -6.85. The third kappa shape index (κ3) is 6.72. The van der Waals surface area contributed by atoms with Gasteiger partial charge in [0.1, 0.15) is 17.3 Å². The van der Waals surface area contributed by atoms with E-state index < -0.39 is 77.1 Å². The molecule has 0 saturated heterocycles. The van der Waals surface area contributed by atoms with Crippen LogP contribution in [-0.4, -0.2) is 30.8 Å². The average Bonchev–Trinajstić information content (AvgIpc) is 3.97. The van der Waals surface area contributed by atoms with Gasteiger partial charge in [0.25, 0.3) is 6.33 Å². The topological polar surface area (TPSA) is 45.1 Å². The number of aromatic nitrogens is 4. The average molecular weight is 877 g/mol. The van der Waals surface area contributed by atoms with Crippen LogP contribution in [0.1, 0.15) is 40.0 Å². The van der Waals surface area contributed by atoms with Gasteiger partial charge in [0, 0.05) is 23.0 Å². The maximum Gasteiger partial charge on any atom is 0.269 e. The van der Waals surface area contributed by atoms with E-state index in [1.807, 2.05) is 60.8 Å². The van der Waals surface area contributed by atoms with Gasteiger partial charge < -0.3 is 8.85 Å². The molecule has 0 N–H and O–H groups in total. The van der Waals surface area contributed by atoms with E-state index in [4.69, 9.17) is 27.5 Å². The molecular weight excluding hydrogens is 817 g/mol. The highest BCUT2D eigenvalue weighted by Crippen LogP contribution is 2.38. The Kier molecular flexibility index (Phi) is 7.04. The molecule has 0 radical (unpaired) electrons. The molecule has 0 fully saturated rings. The fraction of sp³-hybridized carbons (Fsp3) is 0.143. The van der Waals surface area contributed by atoms with E-state index >= 15 is 0 Å². The maximum absolute atomic E-state index is 9.04. The highest BCUT2D eigenvalue weighted by atomic mass is 28.4. The van der Waals surface area contributed by atoms with Gasteiger partial charge in [-0.25, -0.2) is 4.98 Å². The minimum absolute atomic E-state index is 0.114. The molecule has 0 bridgehead atoms. The second-order valence-electron chi connectivity index (χ2n) is 18.3. The summed E-state index contributed by atoms with van der Waals surface area (Å²) < 4.78 is 107. The molecule has 1 aliphatic heterocycles. The molecule has 7 aromatic carbocycles. The molecule has 314 valence electrons. The number of fused-ring (bicyclic) bond motifs is 5. The SMILES string of the molecule is [2H]c1c([2H])c([2H])c(-c2cccc(-c3c([2H])c([2H])c([2H])c([2H])c3[2H])c2-[n+]2[c-]n(-c3cccc(Oc4ccc5c6cc7c(cc6n(-c6cc(C(C)(C)C)ccn6)c5c4)[Si](C)(C)O[Si]7(C)C)c3)c3ccccc32)c([2H])c1[2H]. The Bertz CT molecular complexity index is 3910. The van der Waals surface area contributed by atoms with Crippen LogP contribution in [-0.2, 0) is 9.53 Å². The lowest BCUT2D eigenvalue weighted by atomic mass is 9.88. The van der Waals surface area contributed by atoms with Gasteiger partial charge in [-0.1, -0.05) is 136 Å². The van der Waals surface area contributed by atoms with Crippen LogP contribution in [0, 0.1) is 6.33 Å². The lowest BCUT2D eigenvalue weighted by molar-refractivity contribution is -0.571. The van der Waals surface area contributed by atoms with Crippen molar-refractivity contribution in [2.45, 2.75) is 52.4 Å². The molecule has 8 heteroatoms. The summed E-state index contributed by atoms with van der Waals surface area (Å²) in [7, 11) is -4.35. The molecule has 6 nitrogen and oxygen atoms in total. The minimum Gasteiger partial charge on any atom is -0.458 e. The van der Waals surface area contributed by atoms with Crippen LogP contribution in [0.15, 0.2) is 176 Å². The van der Waals surface area contributed by atoms with Crippen LogP contribution in [0.3, 0.4) is 0 Å². The van der Waals surface area contributed by atoms with Crippen molar-refractivity contribution in [3.63, 3.8) is 0 Å². The summed E-state index contributed by atoms with van der Waals surface area (Å²) in [6.07, 6.45) is 5.34. The third-order valence-electron chi connectivity index (χ3n) is 12.2. The van der Waals surface area contributed by atoms with Gasteiger partial charge in [0.2, 0.25) is 16.6 Å². The summed E-state index contributed by atoms with van der Waals surface area (Å²) in [5.41, 5.74) is 5.14. The fourth-order valence-electron chi connectivity index (χ4n) is 9.30. The standard InChI is InChI=1S/C56H50N4O2Si2/c1-56(2,3)40-30-31-57-54(32-40)60-50-34-43(28-29-46(50)47-35-52-53(36-51(47)60)64(6,7)62-63(52,4)5)61-42-23-16-22-41(33-42)58-37-59(49-27-15-14-26-48(49)58)55-44(38-18-10-8-11-19-38)24-17-25-45(55)39-20-12-9-13-21-39/h8-36H,1-7H3/i8D,9D,10D,11D,12D,13D,18D,19D,20D,21D. The predicted octanol–water partition coefficient (Wildman–Crippen LogP) is 12.5. The van der Waals surface area contributed by atoms with Crippen molar-refractivity contribution >= 4 is 59.8 Å².